The van der Waals surface area contributed by atoms with Gasteiger partial charge in [0.1, 0.15) is 0 Å². The minimum absolute atomic E-state index is 0.987. The molecule has 0 nitrogen and oxygen atoms in total. The fourth-order valence-electron chi connectivity index (χ4n) is 3.43. The largest absolute Gasteiger partial charge is 0.0620 e. The van der Waals surface area contributed by atoms with Gasteiger partial charge in [-0.25, -0.2) is 0 Å². The van der Waals surface area contributed by atoms with Crippen LogP contribution in [-0.4, -0.2) is 0 Å². The summed E-state index contributed by atoms with van der Waals surface area (Å²) in [5.41, 5.74) is 3.38. The van der Waals surface area contributed by atoms with Gasteiger partial charge in [-0.05, 0) is 41.2 Å². The Hall–Kier alpha value is -0.780. The standard InChI is InChI=1S/C11H10/c1-2-4-7-6(3-1)8-5-9-10(7)11(8)9/h1-4,8-11H,5H2. The first-order valence-corrected chi connectivity index (χ1v) is 4.55. The summed E-state index contributed by atoms with van der Waals surface area (Å²) in [4.78, 5) is 0. The van der Waals surface area contributed by atoms with Crippen LogP contribution in [0.15, 0.2) is 24.3 Å². The molecule has 0 radical (unpaired) electrons. The van der Waals surface area contributed by atoms with Crippen molar-refractivity contribution in [1.29, 1.82) is 0 Å². The lowest BCUT2D eigenvalue weighted by atomic mass is 9.78. The third-order valence-electron chi connectivity index (χ3n) is 3.97. The van der Waals surface area contributed by atoms with Gasteiger partial charge >= 0.3 is 0 Å². The Morgan fingerprint density at radius 3 is 2.73 bits per heavy atom. The lowest BCUT2D eigenvalue weighted by Crippen LogP contribution is -2.14. The maximum Gasteiger partial charge on any atom is -0.00904 e. The molecule has 3 aliphatic carbocycles. The number of rotatable bonds is 0. The minimum atomic E-state index is 0.987. The molecule has 0 heterocycles. The molecule has 11 heavy (non-hydrogen) atoms. The molecular weight excluding hydrogens is 132 g/mol. The minimum Gasteiger partial charge on any atom is -0.0620 e. The van der Waals surface area contributed by atoms with Crippen LogP contribution in [0, 0.1) is 11.8 Å². The number of benzene rings is 1. The molecule has 2 saturated carbocycles. The van der Waals surface area contributed by atoms with E-state index in [1.54, 1.807) is 11.1 Å². The van der Waals surface area contributed by atoms with Crippen molar-refractivity contribution in [3.63, 3.8) is 0 Å². The van der Waals surface area contributed by atoms with Crippen molar-refractivity contribution in [2.24, 2.45) is 11.8 Å². The zero-order chi connectivity index (χ0) is 7.00. The molecule has 3 aliphatic rings. The van der Waals surface area contributed by atoms with Gasteiger partial charge in [0, 0.05) is 0 Å². The van der Waals surface area contributed by atoms with Crippen LogP contribution in [0.4, 0.5) is 0 Å². The third-order valence-corrected chi connectivity index (χ3v) is 3.97. The quantitative estimate of drug-likeness (QED) is 0.522. The highest BCUT2D eigenvalue weighted by Crippen LogP contribution is 2.78. The Balaban J connectivity index is 2.06. The average molecular weight is 142 g/mol. The van der Waals surface area contributed by atoms with E-state index in [0.717, 1.165) is 23.7 Å². The number of hydrogen-bond donors (Lipinski definition) is 0. The maximum absolute atomic E-state index is 2.34. The summed E-state index contributed by atoms with van der Waals surface area (Å²) >= 11 is 0. The molecular formula is C11H10. The Labute approximate surface area is 66.2 Å². The first kappa shape index (κ1) is 4.97. The van der Waals surface area contributed by atoms with Crippen molar-refractivity contribution < 1.29 is 0 Å². The Morgan fingerprint density at radius 1 is 1.09 bits per heavy atom. The molecule has 4 rings (SSSR count). The van der Waals surface area contributed by atoms with Gasteiger partial charge in [0.05, 0.1) is 0 Å². The summed E-state index contributed by atoms with van der Waals surface area (Å²) < 4.78 is 0. The molecule has 4 atom stereocenters. The Morgan fingerprint density at radius 2 is 1.91 bits per heavy atom. The highest BCUT2D eigenvalue weighted by atomic mass is 14.7. The number of hydrogen-bond acceptors (Lipinski definition) is 0. The van der Waals surface area contributed by atoms with Crippen LogP contribution in [0.5, 0.6) is 0 Å². The van der Waals surface area contributed by atoms with Crippen molar-refractivity contribution in [2.45, 2.75) is 18.3 Å². The summed E-state index contributed by atoms with van der Waals surface area (Å²) in [6.07, 6.45) is 1.51. The van der Waals surface area contributed by atoms with E-state index in [1.165, 1.54) is 6.42 Å². The zero-order valence-electron chi connectivity index (χ0n) is 6.33. The number of fused-ring (bicyclic) bond motifs is 4. The van der Waals surface area contributed by atoms with Gasteiger partial charge in [0.15, 0.2) is 0 Å². The van der Waals surface area contributed by atoms with Crippen LogP contribution < -0.4 is 0 Å². The van der Waals surface area contributed by atoms with E-state index < -0.39 is 0 Å². The van der Waals surface area contributed by atoms with Gasteiger partial charge in [-0.2, -0.15) is 0 Å². The van der Waals surface area contributed by atoms with Gasteiger partial charge in [0.2, 0.25) is 0 Å². The molecule has 0 heteroatoms. The molecule has 2 fully saturated rings. The van der Waals surface area contributed by atoms with E-state index in [0.29, 0.717) is 0 Å². The van der Waals surface area contributed by atoms with Crippen molar-refractivity contribution in [3.05, 3.63) is 35.4 Å². The van der Waals surface area contributed by atoms with Crippen LogP contribution in [0.1, 0.15) is 29.4 Å². The van der Waals surface area contributed by atoms with Crippen LogP contribution in [-0.2, 0) is 0 Å². The van der Waals surface area contributed by atoms with E-state index in [9.17, 15) is 0 Å². The van der Waals surface area contributed by atoms with E-state index in [1.807, 2.05) is 0 Å². The van der Waals surface area contributed by atoms with Crippen LogP contribution >= 0.6 is 0 Å². The molecule has 0 spiro atoms. The second kappa shape index (κ2) is 1.26. The summed E-state index contributed by atoms with van der Waals surface area (Å²) in [7, 11) is 0. The molecule has 0 aliphatic heterocycles. The molecule has 0 aromatic heterocycles. The summed E-state index contributed by atoms with van der Waals surface area (Å²) in [5.74, 6) is 4.22. The topological polar surface area (TPSA) is 0 Å². The van der Waals surface area contributed by atoms with Crippen molar-refractivity contribution in [1.82, 2.24) is 0 Å². The van der Waals surface area contributed by atoms with E-state index in [4.69, 9.17) is 0 Å². The van der Waals surface area contributed by atoms with Gasteiger partial charge in [-0.15, -0.1) is 0 Å². The van der Waals surface area contributed by atoms with E-state index >= 15 is 0 Å². The molecule has 0 saturated heterocycles. The summed E-state index contributed by atoms with van der Waals surface area (Å²) in [6, 6.07) is 9.06. The van der Waals surface area contributed by atoms with Crippen molar-refractivity contribution in [2.75, 3.05) is 0 Å². The normalized spacial score (nSPS) is 47.6. The van der Waals surface area contributed by atoms with E-state index in [-0.39, 0.29) is 0 Å². The van der Waals surface area contributed by atoms with Gasteiger partial charge < -0.3 is 0 Å². The zero-order valence-corrected chi connectivity index (χ0v) is 6.33. The van der Waals surface area contributed by atoms with Crippen LogP contribution in [0.25, 0.3) is 0 Å². The van der Waals surface area contributed by atoms with Crippen molar-refractivity contribution >= 4 is 0 Å². The highest BCUT2D eigenvalue weighted by molar-refractivity contribution is 5.51. The predicted octanol–water partition coefficient (Wildman–Crippen LogP) is 2.52. The smallest absolute Gasteiger partial charge is 0.00904 e. The first-order chi connectivity index (χ1) is 5.47. The monoisotopic (exact) mass is 142 g/mol. The van der Waals surface area contributed by atoms with Gasteiger partial charge in [0.25, 0.3) is 0 Å². The molecule has 1 aromatic rings. The second-order valence-electron chi connectivity index (χ2n) is 4.24. The SMILES string of the molecule is c1ccc2c(c1)C1CC3C2C13. The fourth-order valence-corrected chi connectivity index (χ4v) is 3.43. The first-order valence-electron chi connectivity index (χ1n) is 4.55. The second-order valence-corrected chi connectivity index (χ2v) is 4.24. The van der Waals surface area contributed by atoms with Gasteiger partial charge in [-0.1, -0.05) is 24.3 Å². The highest BCUT2D eigenvalue weighted by Gasteiger charge is 2.68. The molecule has 0 amide bonds. The molecule has 4 unspecified atom stereocenters. The Kier molecular flexibility index (Phi) is 0.570. The van der Waals surface area contributed by atoms with Crippen LogP contribution in [0.3, 0.4) is 0 Å². The molecule has 54 valence electrons. The summed E-state index contributed by atoms with van der Waals surface area (Å²) in [5, 5.41) is 0. The van der Waals surface area contributed by atoms with Gasteiger partial charge in [-0.3, -0.25) is 0 Å². The molecule has 0 N–H and O–H groups in total. The maximum atomic E-state index is 2.34. The fraction of sp³-hybridized carbons (Fsp3) is 0.455. The lowest BCUT2D eigenvalue weighted by Gasteiger charge is -2.26. The third kappa shape index (κ3) is 0.366. The predicted molar refractivity (Wildman–Crippen MR) is 43.5 cm³/mol. The molecule has 1 aromatic carbocycles. The molecule has 0 bridgehead atoms. The Bertz CT molecular complexity index is 315. The van der Waals surface area contributed by atoms with Crippen LogP contribution in [0.2, 0.25) is 0 Å². The summed E-state index contributed by atoms with van der Waals surface area (Å²) in [6.45, 7) is 0. The van der Waals surface area contributed by atoms with E-state index in [2.05, 4.69) is 24.3 Å². The van der Waals surface area contributed by atoms with Crippen molar-refractivity contribution in [3.8, 4) is 0 Å². The average Bonchev–Trinajstić information content (AvgIpc) is 2.49. The lowest BCUT2D eigenvalue weighted by molar-refractivity contribution is 0.388.